The fraction of sp³-hybridized carbons (Fsp3) is 0.196. The van der Waals surface area contributed by atoms with Crippen LogP contribution in [0.3, 0.4) is 0 Å². The van der Waals surface area contributed by atoms with E-state index in [-0.39, 0.29) is 10.8 Å². The summed E-state index contributed by atoms with van der Waals surface area (Å²) in [6.07, 6.45) is 6.48. The first kappa shape index (κ1) is 32.5. The number of rotatable bonds is 5. The zero-order chi connectivity index (χ0) is 37.0. The molecule has 3 nitrogen and oxygen atoms in total. The van der Waals surface area contributed by atoms with E-state index in [4.69, 9.17) is 16.0 Å². The molecule has 3 heteroatoms. The van der Waals surface area contributed by atoms with Gasteiger partial charge in [0.1, 0.15) is 11.5 Å². The Morgan fingerprint density at radius 2 is 1.35 bits per heavy atom. The molecule has 3 aliphatic rings. The van der Waals surface area contributed by atoms with Gasteiger partial charge in [-0.05, 0) is 97.8 Å². The Balaban J connectivity index is 1.24. The molecular weight excluding hydrogens is 659 g/mol. The third-order valence-electron chi connectivity index (χ3n) is 13.1. The van der Waals surface area contributed by atoms with Crippen molar-refractivity contribution in [1.82, 2.24) is 0 Å². The van der Waals surface area contributed by atoms with E-state index in [1.54, 1.807) is 7.11 Å². The molecule has 0 aromatic heterocycles. The van der Waals surface area contributed by atoms with Crippen molar-refractivity contribution in [2.75, 3.05) is 7.11 Å². The molecule has 2 aliphatic carbocycles. The molecule has 1 atom stereocenters. The van der Waals surface area contributed by atoms with Crippen molar-refractivity contribution in [2.24, 2.45) is 0 Å². The highest BCUT2D eigenvalue weighted by Gasteiger charge is 2.47. The van der Waals surface area contributed by atoms with Crippen molar-refractivity contribution >= 4 is 33.3 Å². The van der Waals surface area contributed by atoms with Crippen LogP contribution in [0.1, 0.15) is 79.5 Å². The Morgan fingerprint density at radius 3 is 2.09 bits per heavy atom. The lowest BCUT2D eigenvalue weighted by atomic mass is 9.71. The second kappa shape index (κ2) is 11.4. The average molecular weight is 700 g/mol. The Labute approximate surface area is 317 Å². The van der Waals surface area contributed by atoms with Gasteiger partial charge in [-0.25, -0.2) is 4.85 Å². The van der Waals surface area contributed by atoms with Gasteiger partial charge in [-0.15, -0.1) is 0 Å². The van der Waals surface area contributed by atoms with Crippen LogP contribution in [0.25, 0.3) is 54.7 Å². The summed E-state index contributed by atoms with van der Waals surface area (Å²) in [5.74, 6) is 1.71. The minimum Gasteiger partial charge on any atom is -0.497 e. The Hall–Kier alpha value is -6.11. The van der Waals surface area contributed by atoms with Gasteiger partial charge in [0.15, 0.2) is 11.3 Å². The normalized spacial score (nSPS) is 17.9. The first-order valence-electron chi connectivity index (χ1n) is 19.1. The van der Waals surface area contributed by atoms with E-state index in [1.807, 2.05) is 18.2 Å². The van der Waals surface area contributed by atoms with Crippen LogP contribution < -0.4 is 9.47 Å². The standard InChI is InChI=1S/C51H41NO2/c1-7-50(8-2)44-30-34(52-5)21-25-40(44)46-37-15-11-12-16-38(37)48-41(47(46)50)27-28-51(54-48,32-18-22-35(53-6)23-19-32)33-20-24-39-43(29-33)49(3,4)42-26-17-31-13-9-10-14-36(31)45(39)42/h9-30H,7-8H2,1-4,6H3. The predicted octanol–water partition coefficient (Wildman–Crippen LogP) is 13.3. The molecule has 7 aromatic rings. The molecular formula is C51H41NO2. The summed E-state index contributed by atoms with van der Waals surface area (Å²) in [5.41, 5.74) is 12.9. The molecule has 0 radical (unpaired) electrons. The molecule has 0 bridgehead atoms. The van der Waals surface area contributed by atoms with Gasteiger partial charge in [0.2, 0.25) is 0 Å². The lowest BCUT2D eigenvalue weighted by Gasteiger charge is -2.40. The van der Waals surface area contributed by atoms with Crippen molar-refractivity contribution in [2.45, 2.75) is 57.0 Å². The molecule has 0 amide bonds. The monoisotopic (exact) mass is 699 g/mol. The molecule has 1 aliphatic heterocycles. The molecule has 10 rings (SSSR count). The van der Waals surface area contributed by atoms with E-state index in [2.05, 4.69) is 148 Å². The smallest absolute Gasteiger partial charge is 0.187 e. The van der Waals surface area contributed by atoms with Crippen molar-refractivity contribution in [3.63, 3.8) is 0 Å². The summed E-state index contributed by atoms with van der Waals surface area (Å²) in [6, 6.07) is 43.7. The Kier molecular flexibility index (Phi) is 6.89. The maximum Gasteiger partial charge on any atom is 0.187 e. The van der Waals surface area contributed by atoms with Gasteiger partial charge in [-0.3, -0.25) is 0 Å². The van der Waals surface area contributed by atoms with Gasteiger partial charge in [0.05, 0.1) is 13.7 Å². The number of ether oxygens (including phenoxy) is 2. The maximum absolute atomic E-state index is 7.86. The molecule has 262 valence electrons. The molecule has 0 N–H and O–H groups in total. The fourth-order valence-electron chi connectivity index (χ4n) is 10.3. The summed E-state index contributed by atoms with van der Waals surface area (Å²) in [6.45, 7) is 17.1. The number of hydrogen-bond donors (Lipinski definition) is 0. The van der Waals surface area contributed by atoms with Crippen LogP contribution in [0.5, 0.6) is 11.5 Å². The summed E-state index contributed by atoms with van der Waals surface area (Å²) in [7, 11) is 1.71. The van der Waals surface area contributed by atoms with Crippen molar-refractivity contribution in [3.8, 4) is 33.8 Å². The van der Waals surface area contributed by atoms with Gasteiger partial charge in [0.25, 0.3) is 0 Å². The fourth-order valence-corrected chi connectivity index (χ4v) is 10.3. The van der Waals surface area contributed by atoms with Crippen molar-refractivity contribution in [3.05, 3.63) is 178 Å². The van der Waals surface area contributed by atoms with E-state index < -0.39 is 5.60 Å². The number of fused-ring (bicyclic) bond motifs is 13. The van der Waals surface area contributed by atoms with Gasteiger partial charge < -0.3 is 9.47 Å². The van der Waals surface area contributed by atoms with Crippen LogP contribution in [0.2, 0.25) is 0 Å². The molecule has 1 heterocycles. The first-order valence-corrected chi connectivity index (χ1v) is 19.1. The highest BCUT2D eigenvalue weighted by atomic mass is 16.5. The van der Waals surface area contributed by atoms with Crippen LogP contribution in [-0.4, -0.2) is 7.11 Å². The number of methoxy groups -OCH3 is 1. The van der Waals surface area contributed by atoms with Crippen LogP contribution in [-0.2, 0) is 16.4 Å². The topological polar surface area (TPSA) is 22.8 Å². The van der Waals surface area contributed by atoms with E-state index in [9.17, 15) is 0 Å². The number of benzene rings is 7. The lowest BCUT2D eigenvalue weighted by molar-refractivity contribution is 0.163. The van der Waals surface area contributed by atoms with E-state index in [1.165, 1.54) is 60.7 Å². The van der Waals surface area contributed by atoms with E-state index >= 15 is 0 Å². The van der Waals surface area contributed by atoms with E-state index in [0.717, 1.165) is 46.4 Å². The van der Waals surface area contributed by atoms with Crippen LogP contribution in [0.4, 0.5) is 5.69 Å². The zero-order valence-corrected chi connectivity index (χ0v) is 31.4. The molecule has 0 saturated carbocycles. The molecule has 1 unspecified atom stereocenters. The minimum absolute atomic E-state index is 0.201. The number of nitrogens with zero attached hydrogens (tertiary/aromatic N) is 1. The first-order chi connectivity index (χ1) is 26.3. The second-order valence-electron chi connectivity index (χ2n) is 15.7. The summed E-state index contributed by atoms with van der Waals surface area (Å²) in [4.78, 5) is 3.86. The molecule has 54 heavy (non-hydrogen) atoms. The third kappa shape index (κ3) is 4.12. The Morgan fingerprint density at radius 1 is 0.667 bits per heavy atom. The summed E-state index contributed by atoms with van der Waals surface area (Å²) >= 11 is 0. The largest absolute Gasteiger partial charge is 0.497 e. The molecule has 0 spiro atoms. The predicted molar refractivity (Wildman–Crippen MR) is 222 cm³/mol. The maximum atomic E-state index is 7.86. The van der Waals surface area contributed by atoms with E-state index in [0.29, 0.717) is 5.69 Å². The van der Waals surface area contributed by atoms with Crippen molar-refractivity contribution < 1.29 is 9.47 Å². The SMILES string of the molecule is [C-]#[N+]c1ccc2c(c1)C(CC)(CC)c1c3c(c4ccccc4c1-2)OC(c1ccc(OC)cc1)(c1ccc2c(c1)C(C)(C)c1ccc4ccccc4c1-2)C=C3. The second-order valence-corrected chi connectivity index (χ2v) is 15.7. The van der Waals surface area contributed by atoms with Gasteiger partial charge in [0, 0.05) is 32.9 Å². The van der Waals surface area contributed by atoms with Crippen LogP contribution >= 0.6 is 0 Å². The van der Waals surface area contributed by atoms with Gasteiger partial charge in [-0.2, -0.15) is 0 Å². The minimum atomic E-state index is -0.915. The molecule has 0 saturated heterocycles. The lowest BCUT2D eigenvalue weighted by Crippen LogP contribution is -2.35. The van der Waals surface area contributed by atoms with Gasteiger partial charge in [-0.1, -0.05) is 137 Å². The highest BCUT2D eigenvalue weighted by Crippen LogP contribution is 2.61. The van der Waals surface area contributed by atoms with Crippen LogP contribution in [0.15, 0.2) is 127 Å². The van der Waals surface area contributed by atoms with Crippen LogP contribution in [0, 0.1) is 6.57 Å². The zero-order valence-electron chi connectivity index (χ0n) is 31.4. The molecule has 7 aromatic carbocycles. The Bertz CT molecular complexity index is 2790. The molecule has 0 fully saturated rings. The average Bonchev–Trinajstić information content (AvgIpc) is 3.65. The van der Waals surface area contributed by atoms with Crippen molar-refractivity contribution in [1.29, 1.82) is 0 Å². The quantitative estimate of drug-likeness (QED) is 0.167. The number of hydrogen-bond acceptors (Lipinski definition) is 2. The third-order valence-corrected chi connectivity index (χ3v) is 13.1. The van der Waals surface area contributed by atoms with Gasteiger partial charge >= 0.3 is 0 Å². The highest BCUT2D eigenvalue weighted by molar-refractivity contribution is 6.09. The summed E-state index contributed by atoms with van der Waals surface area (Å²) < 4.78 is 13.4. The summed E-state index contributed by atoms with van der Waals surface area (Å²) in [5, 5.41) is 4.83.